The minimum Gasteiger partial charge on any atom is -0.326 e. The van der Waals surface area contributed by atoms with Crippen molar-refractivity contribution in [3.63, 3.8) is 0 Å². The summed E-state index contributed by atoms with van der Waals surface area (Å²) in [4.78, 5) is 11.1. The zero-order valence-corrected chi connectivity index (χ0v) is 14.1. The van der Waals surface area contributed by atoms with Crippen LogP contribution in [0, 0.1) is 3.57 Å². The normalized spacial score (nSPS) is 11.0. The molecular weight excluding hydrogens is 403 g/mol. The average molecular weight is 416 g/mol. The zero-order chi connectivity index (χ0) is 15.5. The molecule has 0 radical (unpaired) electrons. The smallest absolute Gasteiger partial charge is 0.261 e. The number of anilines is 2. The minimum atomic E-state index is -3.61. The second-order valence-electron chi connectivity index (χ2n) is 4.32. The molecule has 0 unspecified atom stereocenters. The zero-order valence-electron chi connectivity index (χ0n) is 11.1. The maximum Gasteiger partial charge on any atom is 0.261 e. The third-order valence-electron chi connectivity index (χ3n) is 2.58. The summed E-state index contributed by atoms with van der Waals surface area (Å²) in [6.45, 7) is 1.41. The van der Waals surface area contributed by atoms with Gasteiger partial charge < -0.3 is 5.32 Å². The first kappa shape index (κ1) is 15.8. The average Bonchev–Trinajstić information content (AvgIpc) is 2.40. The van der Waals surface area contributed by atoms with Gasteiger partial charge in [-0.2, -0.15) is 0 Å². The summed E-state index contributed by atoms with van der Waals surface area (Å²) in [5.41, 5.74) is 1.04. The maximum atomic E-state index is 12.2. The van der Waals surface area contributed by atoms with Crippen molar-refractivity contribution >= 4 is 49.9 Å². The molecule has 0 bridgehead atoms. The first-order chi connectivity index (χ1) is 9.87. The van der Waals surface area contributed by atoms with Crippen LogP contribution in [0.4, 0.5) is 11.4 Å². The summed E-state index contributed by atoms with van der Waals surface area (Å²) in [7, 11) is -3.61. The van der Waals surface area contributed by atoms with Crippen molar-refractivity contribution in [2.75, 3.05) is 10.0 Å². The molecule has 5 nitrogen and oxygen atoms in total. The maximum absolute atomic E-state index is 12.2. The minimum absolute atomic E-state index is 0.179. The lowest BCUT2D eigenvalue weighted by molar-refractivity contribution is -0.114. The highest BCUT2D eigenvalue weighted by atomic mass is 127. The molecule has 2 aromatic carbocycles. The Hall–Kier alpha value is -1.61. The Kier molecular flexibility index (Phi) is 4.84. The topological polar surface area (TPSA) is 75.3 Å². The third-order valence-corrected chi connectivity index (χ3v) is 4.70. The SMILES string of the molecule is CC(=O)Nc1ccc(NS(=O)(=O)c2ccc(I)cc2)cc1. The Labute approximate surface area is 137 Å². The van der Waals surface area contributed by atoms with E-state index in [1.165, 1.54) is 6.92 Å². The standard InChI is InChI=1S/C14H13IN2O3S/c1-10(18)16-12-4-6-13(7-5-12)17-21(19,20)14-8-2-11(15)3-9-14/h2-9,17H,1H3,(H,16,18). The van der Waals surface area contributed by atoms with Gasteiger partial charge in [-0.15, -0.1) is 0 Å². The summed E-state index contributed by atoms with van der Waals surface area (Å²) < 4.78 is 27.8. The van der Waals surface area contributed by atoms with Crippen molar-refractivity contribution in [1.82, 2.24) is 0 Å². The molecule has 2 N–H and O–H groups in total. The fourth-order valence-electron chi connectivity index (χ4n) is 1.65. The van der Waals surface area contributed by atoms with Gasteiger partial charge in [-0.05, 0) is 71.1 Å². The summed E-state index contributed by atoms with van der Waals surface area (Å²) in [6.07, 6.45) is 0. The Morgan fingerprint density at radius 1 is 0.952 bits per heavy atom. The second kappa shape index (κ2) is 6.44. The van der Waals surface area contributed by atoms with Gasteiger partial charge in [-0.1, -0.05) is 0 Å². The van der Waals surface area contributed by atoms with Gasteiger partial charge in [-0.25, -0.2) is 8.42 Å². The lowest BCUT2D eigenvalue weighted by Gasteiger charge is -2.09. The number of benzene rings is 2. The van der Waals surface area contributed by atoms with Gasteiger partial charge in [0.2, 0.25) is 5.91 Å². The molecule has 0 heterocycles. The molecular formula is C14H13IN2O3S. The van der Waals surface area contributed by atoms with Crippen molar-refractivity contribution < 1.29 is 13.2 Å². The third kappa shape index (κ3) is 4.43. The Bertz CT molecular complexity index is 741. The Balaban J connectivity index is 2.16. The van der Waals surface area contributed by atoms with E-state index in [2.05, 4.69) is 32.6 Å². The van der Waals surface area contributed by atoms with Gasteiger partial charge in [0.1, 0.15) is 0 Å². The molecule has 21 heavy (non-hydrogen) atoms. The Morgan fingerprint density at radius 3 is 2.00 bits per heavy atom. The van der Waals surface area contributed by atoms with E-state index in [1.54, 1.807) is 48.5 Å². The van der Waals surface area contributed by atoms with Crippen LogP contribution in [0.3, 0.4) is 0 Å². The van der Waals surface area contributed by atoms with E-state index < -0.39 is 10.0 Å². The summed E-state index contributed by atoms with van der Waals surface area (Å²) >= 11 is 2.11. The van der Waals surface area contributed by atoms with Crippen LogP contribution in [-0.4, -0.2) is 14.3 Å². The van der Waals surface area contributed by atoms with E-state index in [9.17, 15) is 13.2 Å². The van der Waals surface area contributed by atoms with E-state index in [0.717, 1.165) is 3.57 Å². The van der Waals surface area contributed by atoms with Crippen LogP contribution in [0.15, 0.2) is 53.4 Å². The van der Waals surface area contributed by atoms with Crippen molar-refractivity contribution in [3.8, 4) is 0 Å². The van der Waals surface area contributed by atoms with Gasteiger partial charge in [0, 0.05) is 21.9 Å². The summed E-state index contributed by atoms with van der Waals surface area (Å²) in [5.74, 6) is -0.179. The van der Waals surface area contributed by atoms with Crippen LogP contribution in [0.25, 0.3) is 0 Å². The van der Waals surface area contributed by atoms with Gasteiger partial charge in [-0.3, -0.25) is 9.52 Å². The van der Waals surface area contributed by atoms with E-state index in [4.69, 9.17) is 0 Å². The van der Waals surface area contributed by atoms with Gasteiger partial charge in [0.15, 0.2) is 0 Å². The number of hydrogen-bond acceptors (Lipinski definition) is 3. The summed E-state index contributed by atoms with van der Waals surface area (Å²) in [5, 5.41) is 2.62. The Morgan fingerprint density at radius 2 is 1.48 bits per heavy atom. The highest BCUT2D eigenvalue weighted by Crippen LogP contribution is 2.19. The van der Waals surface area contributed by atoms with E-state index >= 15 is 0 Å². The number of carbonyl (C=O) groups is 1. The van der Waals surface area contributed by atoms with E-state index in [1.807, 2.05) is 0 Å². The number of hydrogen-bond donors (Lipinski definition) is 2. The quantitative estimate of drug-likeness (QED) is 0.753. The predicted molar refractivity (Wildman–Crippen MR) is 90.7 cm³/mol. The molecule has 7 heteroatoms. The van der Waals surface area contributed by atoms with E-state index in [-0.39, 0.29) is 10.8 Å². The van der Waals surface area contributed by atoms with Crippen LogP contribution >= 0.6 is 22.6 Å². The molecule has 0 aliphatic rings. The van der Waals surface area contributed by atoms with Gasteiger partial charge >= 0.3 is 0 Å². The molecule has 0 fully saturated rings. The van der Waals surface area contributed by atoms with Gasteiger partial charge in [0.25, 0.3) is 10.0 Å². The van der Waals surface area contributed by atoms with Crippen LogP contribution in [0.5, 0.6) is 0 Å². The summed E-state index contributed by atoms with van der Waals surface area (Å²) in [6, 6.07) is 13.0. The number of amides is 1. The lowest BCUT2D eigenvalue weighted by atomic mass is 10.3. The van der Waals surface area contributed by atoms with E-state index in [0.29, 0.717) is 11.4 Å². The number of rotatable bonds is 4. The van der Waals surface area contributed by atoms with Crippen LogP contribution in [-0.2, 0) is 14.8 Å². The first-order valence-corrected chi connectivity index (χ1v) is 8.59. The fourth-order valence-corrected chi connectivity index (χ4v) is 3.07. The molecule has 1 amide bonds. The molecule has 110 valence electrons. The molecule has 2 aromatic rings. The monoisotopic (exact) mass is 416 g/mol. The molecule has 0 spiro atoms. The molecule has 0 aliphatic carbocycles. The second-order valence-corrected chi connectivity index (χ2v) is 7.25. The lowest BCUT2D eigenvalue weighted by Crippen LogP contribution is -2.13. The predicted octanol–water partition coefficient (Wildman–Crippen LogP) is 3.05. The molecule has 0 saturated heterocycles. The fraction of sp³-hybridized carbons (Fsp3) is 0.0714. The first-order valence-electron chi connectivity index (χ1n) is 6.03. The van der Waals surface area contributed by atoms with Crippen molar-refractivity contribution in [1.29, 1.82) is 0 Å². The molecule has 0 saturated carbocycles. The van der Waals surface area contributed by atoms with Gasteiger partial charge in [0.05, 0.1) is 4.90 Å². The largest absolute Gasteiger partial charge is 0.326 e. The molecule has 0 aromatic heterocycles. The van der Waals surface area contributed by atoms with Crippen LogP contribution in [0.1, 0.15) is 6.92 Å². The van der Waals surface area contributed by atoms with Crippen molar-refractivity contribution in [3.05, 3.63) is 52.1 Å². The highest BCUT2D eigenvalue weighted by Gasteiger charge is 2.13. The van der Waals surface area contributed by atoms with Crippen LogP contribution < -0.4 is 10.0 Å². The number of halogens is 1. The molecule has 0 aliphatic heterocycles. The highest BCUT2D eigenvalue weighted by molar-refractivity contribution is 14.1. The molecule has 0 atom stereocenters. The van der Waals surface area contributed by atoms with Crippen molar-refractivity contribution in [2.24, 2.45) is 0 Å². The van der Waals surface area contributed by atoms with Crippen LogP contribution in [0.2, 0.25) is 0 Å². The number of sulfonamides is 1. The number of carbonyl (C=O) groups excluding carboxylic acids is 1. The molecule has 2 rings (SSSR count). The number of nitrogens with one attached hydrogen (secondary N) is 2. The van der Waals surface area contributed by atoms with Crippen molar-refractivity contribution in [2.45, 2.75) is 11.8 Å².